The Kier molecular flexibility index (Phi) is 7.17. The predicted octanol–water partition coefficient (Wildman–Crippen LogP) is 4.00. The van der Waals surface area contributed by atoms with E-state index < -0.39 is 21.8 Å². The van der Waals surface area contributed by atoms with Gasteiger partial charge in [0, 0.05) is 48.7 Å². The molecule has 3 heterocycles. The third-order valence-corrected chi connectivity index (χ3v) is 7.91. The maximum atomic E-state index is 12.7. The van der Waals surface area contributed by atoms with Crippen LogP contribution < -0.4 is 5.32 Å². The third-order valence-electron chi connectivity index (χ3n) is 5.72. The third kappa shape index (κ3) is 5.73. The summed E-state index contributed by atoms with van der Waals surface area (Å²) in [5.74, 6) is -1.35. The second kappa shape index (κ2) is 9.87. The van der Waals surface area contributed by atoms with Gasteiger partial charge in [-0.25, -0.2) is 23.4 Å². The molecule has 1 aliphatic heterocycles. The largest absolute Gasteiger partial charge is 0.451 e. The number of thiazole rings is 1. The van der Waals surface area contributed by atoms with E-state index in [2.05, 4.69) is 25.2 Å². The first-order chi connectivity index (χ1) is 16.8. The highest BCUT2D eigenvalue weighted by molar-refractivity contribution is 7.90. The van der Waals surface area contributed by atoms with E-state index >= 15 is 0 Å². The first kappa shape index (κ1) is 26.2. The molecule has 0 saturated carbocycles. The number of aromatic nitrogens is 3. The van der Waals surface area contributed by atoms with Crippen molar-refractivity contribution in [3.8, 4) is 0 Å². The minimum Gasteiger partial charge on any atom is -0.346 e. The molecule has 0 spiro atoms. The van der Waals surface area contributed by atoms with E-state index in [9.17, 15) is 26.4 Å². The second-order valence-corrected chi connectivity index (χ2v) is 12.0. The van der Waals surface area contributed by atoms with Crippen LogP contribution in [0.15, 0.2) is 41.6 Å². The van der Waals surface area contributed by atoms with E-state index in [1.807, 2.05) is 13.8 Å². The summed E-state index contributed by atoms with van der Waals surface area (Å²) >= 11 is 1.29. The summed E-state index contributed by atoms with van der Waals surface area (Å²) in [6.07, 6.45) is -1.08. The number of alkyl halides is 3. The van der Waals surface area contributed by atoms with E-state index in [-0.39, 0.29) is 29.3 Å². The molecule has 1 aromatic carbocycles. The molecule has 1 aliphatic rings. The number of nitrogens with one attached hydrogen (secondary N) is 1. The Hall–Kier alpha value is -2.90. The van der Waals surface area contributed by atoms with Gasteiger partial charge in [-0.1, -0.05) is 26.0 Å². The highest BCUT2D eigenvalue weighted by Gasteiger charge is 2.37. The molecule has 1 N–H and O–H groups in total. The van der Waals surface area contributed by atoms with Gasteiger partial charge < -0.3 is 5.32 Å². The number of benzene rings is 1. The van der Waals surface area contributed by atoms with E-state index in [0.29, 0.717) is 23.7 Å². The van der Waals surface area contributed by atoms with Crippen molar-refractivity contribution in [1.29, 1.82) is 0 Å². The number of carbonyl (C=O) groups excluding carboxylic acids is 1. The van der Waals surface area contributed by atoms with Crippen LogP contribution in [0.1, 0.15) is 57.2 Å². The zero-order valence-corrected chi connectivity index (χ0v) is 21.3. The summed E-state index contributed by atoms with van der Waals surface area (Å²) in [4.78, 5) is 27.4. The van der Waals surface area contributed by atoms with Crippen LogP contribution in [0.4, 0.5) is 13.2 Å². The van der Waals surface area contributed by atoms with Gasteiger partial charge in [-0.2, -0.15) is 13.2 Å². The molecule has 0 saturated heterocycles. The monoisotopic (exact) mass is 539 g/mol. The highest BCUT2D eigenvalue weighted by Crippen LogP contribution is 2.41. The predicted molar refractivity (Wildman–Crippen MR) is 127 cm³/mol. The van der Waals surface area contributed by atoms with Crippen molar-refractivity contribution < 1.29 is 26.4 Å². The van der Waals surface area contributed by atoms with Crippen molar-refractivity contribution in [2.75, 3.05) is 6.26 Å². The maximum absolute atomic E-state index is 12.7. The molecule has 0 aliphatic carbocycles. The Bertz CT molecular complexity index is 1360. The number of nitrogens with zero attached hydrogens (tertiary/aromatic N) is 4. The standard InChI is InChI=1S/C23H24F3N5O3S2/c1-13(2)19-18-17(12-31(19)11-15-9-28-22(29-10-15)23(24,25)26)35-21(30-18)20(32)27-8-14-4-6-16(7-5-14)36(3,33)34/h4-7,9-10,13,19H,8,11-12H2,1-3H3,(H,27,32). The Labute approximate surface area is 210 Å². The van der Waals surface area contributed by atoms with Gasteiger partial charge in [0.2, 0.25) is 5.82 Å². The molecule has 4 rings (SSSR count). The van der Waals surface area contributed by atoms with Crippen molar-refractivity contribution in [2.45, 2.75) is 50.6 Å². The molecule has 8 nitrogen and oxygen atoms in total. The summed E-state index contributed by atoms with van der Waals surface area (Å²) in [7, 11) is -3.29. The lowest BCUT2D eigenvalue weighted by atomic mass is 10.0. The number of fused-ring (bicyclic) bond motifs is 1. The van der Waals surface area contributed by atoms with E-state index in [1.54, 1.807) is 12.1 Å². The Morgan fingerprint density at radius 3 is 2.36 bits per heavy atom. The lowest BCUT2D eigenvalue weighted by molar-refractivity contribution is -0.145. The van der Waals surface area contributed by atoms with Gasteiger partial charge in [-0.3, -0.25) is 9.69 Å². The molecule has 3 aromatic rings. The molecule has 0 fully saturated rings. The summed E-state index contributed by atoms with van der Waals surface area (Å²) in [6.45, 7) is 5.14. The molecule has 0 radical (unpaired) electrons. The number of amides is 1. The van der Waals surface area contributed by atoms with Gasteiger partial charge in [0.15, 0.2) is 14.8 Å². The van der Waals surface area contributed by atoms with Crippen LogP contribution in [-0.2, 0) is 35.6 Å². The summed E-state index contributed by atoms with van der Waals surface area (Å²) in [6, 6.07) is 6.19. The Morgan fingerprint density at radius 2 is 1.81 bits per heavy atom. The van der Waals surface area contributed by atoms with Gasteiger partial charge >= 0.3 is 6.18 Å². The topological polar surface area (TPSA) is 105 Å². The highest BCUT2D eigenvalue weighted by atomic mass is 32.2. The number of carbonyl (C=O) groups is 1. The average Bonchev–Trinajstić information content (AvgIpc) is 3.34. The lowest BCUT2D eigenvalue weighted by Gasteiger charge is -2.27. The van der Waals surface area contributed by atoms with Crippen LogP contribution in [0.5, 0.6) is 0 Å². The van der Waals surface area contributed by atoms with E-state index in [1.165, 1.54) is 35.9 Å². The smallest absolute Gasteiger partial charge is 0.346 e. The minimum absolute atomic E-state index is 0.108. The van der Waals surface area contributed by atoms with Gasteiger partial charge in [0.05, 0.1) is 16.6 Å². The molecule has 1 unspecified atom stereocenters. The second-order valence-electron chi connectivity index (χ2n) is 8.93. The fraction of sp³-hybridized carbons (Fsp3) is 0.391. The summed E-state index contributed by atoms with van der Waals surface area (Å²) in [5.41, 5.74) is 2.11. The minimum atomic E-state index is -4.59. The van der Waals surface area contributed by atoms with Crippen molar-refractivity contribution in [2.24, 2.45) is 5.92 Å². The molecule has 0 bridgehead atoms. The Balaban J connectivity index is 1.42. The Morgan fingerprint density at radius 1 is 1.17 bits per heavy atom. The fourth-order valence-electron chi connectivity index (χ4n) is 4.08. The number of hydrogen-bond donors (Lipinski definition) is 1. The average molecular weight is 540 g/mol. The lowest BCUT2D eigenvalue weighted by Crippen LogP contribution is -2.27. The normalized spacial score (nSPS) is 16.4. The van der Waals surface area contributed by atoms with Crippen LogP contribution in [-0.4, -0.2) is 40.4 Å². The van der Waals surface area contributed by atoms with Crippen molar-refractivity contribution in [3.05, 3.63) is 69.2 Å². The van der Waals surface area contributed by atoms with Crippen LogP contribution >= 0.6 is 11.3 Å². The zero-order chi connectivity index (χ0) is 26.3. The molecule has 36 heavy (non-hydrogen) atoms. The first-order valence-corrected chi connectivity index (χ1v) is 13.7. The van der Waals surface area contributed by atoms with Crippen molar-refractivity contribution in [1.82, 2.24) is 25.2 Å². The van der Waals surface area contributed by atoms with Crippen molar-refractivity contribution >= 4 is 27.1 Å². The van der Waals surface area contributed by atoms with Crippen molar-refractivity contribution in [3.63, 3.8) is 0 Å². The number of sulfone groups is 1. The SMILES string of the molecule is CC(C)C1c2nc(C(=O)NCc3ccc(S(C)(=O)=O)cc3)sc2CN1Cc1cnc(C(F)(F)F)nc1. The van der Waals surface area contributed by atoms with Crippen LogP contribution in [0.25, 0.3) is 0 Å². The zero-order valence-electron chi connectivity index (χ0n) is 19.7. The number of rotatable bonds is 7. The molecule has 1 amide bonds. The fourth-order valence-corrected chi connectivity index (χ4v) is 5.76. The molecule has 1 atom stereocenters. The molecule has 192 valence electrons. The molecular formula is C23H24F3N5O3S2. The van der Waals surface area contributed by atoms with Crippen LogP contribution in [0.2, 0.25) is 0 Å². The molecule has 13 heteroatoms. The van der Waals surface area contributed by atoms with Gasteiger partial charge in [-0.05, 0) is 23.6 Å². The number of halogens is 3. The summed E-state index contributed by atoms with van der Waals surface area (Å²) < 4.78 is 61.4. The number of hydrogen-bond acceptors (Lipinski definition) is 8. The van der Waals surface area contributed by atoms with Crippen LogP contribution in [0, 0.1) is 5.92 Å². The van der Waals surface area contributed by atoms with Gasteiger partial charge in [-0.15, -0.1) is 11.3 Å². The van der Waals surface area contributed by atoms with Crippen LogP contribution in [0.3, 0.4) is 0 Å². The molecule has 2 aromatic heterocycles. The van der Waals surface area contributed by atoms with Gasteiger partial charge in [0.1, 0.15) is 0 Å². The molecular weight excluding hydrogens is 515 g/mol. The first-order valence-electron chi connectivity index (χ1n) is 11.0. The van der Waals surface area contributed by atoms with Gasteiger partial charge in [0.25, 0.3) is 5.91 Å². The quantitative estimate of drug-likeness (QED) is 0.484. The summed E-state index contributed by atoms with van der Waals surface area (Å²) in [5, 5.41) is 3.14. The van der Waals surface area contributed by atoms with E-state index in [0.717, 1.165) is 22.4 Å². The maximum Gasteiger partial charge on any atom is 0.451 e. The van der Waals surface area contributed by atoms with E-state index in [4.69, 9.17) is 0 Å².